The molecule has 108 valence electrons. The molecule has 0 spiro atoms. The van der Waals surface area contributed by atoms with Crippen molar-refractivity contribution in [2.75, 3.05) is 17.3 Å². The predicted octanol–water partition coefficient (Wildman–Crippen LogP) is 1.35. The van der Waals surface area contributed by atoms with Gasteiger partial charge < -0.3 is 10.4 Å². The number of nitrogens with one attached hydrogen (secondary N) is 2. The van der Waals surface area contributed by atoms with Crippen LogP contribution in [-0.2, 0) is 6.18 Å². The van der Waals surface area contributed by atoms with Crippen LogP contribution in [0.25, 0.3) is 0 Å². The maximum atomic E-state index is 12.6. The molecule has 1 aromatic heterocycles. The van der Waals surface area contributed by atoms with Crippen molar-refractivity contribution < 1.29 is 18.3 Å². The topological polar surface area (TPSA) is 96.1 Å². The molecule has 1 rings (SSSR count). The lowest BCUT2D eigenvalue weighted by Crippen LogP contribution is -2.20. The number of anilines is 2. The molecule has 0 aromatic carbocycles. The highest BCUT2D eigenvalue weighted by atomic mass is 19.4. The Bertz CT molecular complexity index is 413. The summed E-state index contributed by atoms with van der Waals surface area (Å²) >= 11 is 0. The minimum absolute atomic E-state index is 0.0270. The van der Waals surface area contributed by atoms with E-state index in [1.165, 1.54) is 0 Å². The number of nitrogen functional groups attached to an aromatic ring is 1. The predicted molar refractivity (Wildman–Crippen MR) is 64.2 cm³/mol. The quantitative estimate of drug-likeness (QED) is 0.464. The van der Waals surface area contributed by atoms with Crippen LogP contribution in [0.15, 0.2) is 6.07 Å². The van der Waals surface area contributed by atoms with Crippen molar-refractivity contribution in [3.8, 4) is 0 Å². The molecule has 1 heterocycles. The molecule has 0 fully saturated rings. The number of aliphatic hydroxyl groups is 1. The molecule has 0 aliphatic carbocycles. The Kier molecular flexibility index (Phi) is 5.31. The largest absolute Gasteiger partial charge is 0.433 e. The Morgan fingerprint density at radius 1 is 1.42 bits per heavy atom. The summed E-state index contributed by atoms with van der Waals surface area (Å²) in [6.45, 7) is 1.81. The van der Waals surface area contributed by atoms with Gasteiger partial charge in [0.1, 0.15) is 5.82 Å². The van der Waals surface area contributed by atoms with Crippen molar-refractivity contribution in [2.45, 2.75) is 32.0 Å². The molecule has 6 nitrogen and oxygen atoms in total. The summed E-state index contributed by atoms with van der Waals surface area (Å²) < 4.78 is 37.8. The van der Waals surface area contributed by atoms with Crippen LogP contribution in [-0.4, -0.2) is 27.7 Å². The van der Waals surface area contributed by atoms with Crippen molar-refractivity contribution in [2.24, 2.45) is 5.84 Å². The second-order valence-corrected chi connectivity index (χ2v) is 4.02. The van der Waals surface area contributed by atoms with Crippen LogP contribution in [0.5, 0.6) is 0 Å². The second-order valence-electron chi connectivity index (χ2n) is 4.02. The SMILES string of the molecule is CC(CCCO)Nc1cc(C(F)(F)F)nc(NN)n1. The molecular weight excluding hydrogens is 263 g/mol. The lowest BCUT2D eigenvalue weighted by atomic mass is 10.2. The number of hydrazine groups is 1. The van der Waals surface area contributed by atoms with Crippen LogP contribution in [0.3, 0.4) is 0 Å². The average Bonchev–Trinajstić information content (AvgIpc) is 2.34. The fraction of sp³-hybridized carbons (Fsp3) is 0.600. The number of nitrogens with zero attached hydrogens (tertiary/aromatic N) is 2. The van der Waals surface area contributed by atoms with Crippen molar-refractivity contribution in [1.29, 1.82) is 0 Å². The Morgan fingerprint density at radius 2 is 2.11 bits per heavy atom. The highest BCUT2D eigenvalue weighted by molar-refractivity contribution is 5.43. The monoisotopic (exact) mass is 279 g/mol. The maximum absolute atomic E-state index is 12.6. The number of hydrogen-bond donors (Lipinski definition) is 4. The van der Waals surface area contributed by atoms with Gasteiger partial charge in [-0.25, -0.2) is 10.8 Å². The first kappa shape index (κ1) is 15.4. The maximum Gasteiger partial charge on any atom is 0.433 e. The van der Waals surface area contributed by atoms with E-state index in [9.17, 15) is 13.2 Å². The first-order valence-electron chi connectivity index (χ1n) is 5.67. The van der Waals surface area contributed by atoms with Crippen LogP contribution in [0, 0.1) is 0 Å². The number of alkyl halides is 3. The molecule has 0 saturated carbocycles. The van der Waals surface area contributed by atoms with Crippen LogP contribution in [0.1, 0.15) is 25.5 Å². The van der Waals surface area contributed by atoms with Crippen LogP contribution in [0.4, 0.5) is 24.9 Å². The molecular formula is C10H16F3N5O. The summed E-state index contributed by atoms with van der Waals surface area (Å²) in [6, 6.07) is 0.685. The van der Waals surface area contributed by atoms with Gasteiger partial charge in [0.05, 0.1) is 0 Å². The van der Waals surface area contributed by atoms with E-state index in [1.54, 1.807) is 6.92 Å². The van der Waals surface area contributed by atoms with Gasteiger partial charge in [0.25, 0.3) is 0 Å². The minimum atomic E-state index is -4.57. The zero-order chi connectivity index (χ0) is 14.5. The molecule has 0 aliphatic rings. The third-order valence-electron chi connectivity index (χ3n) is 2.34. The van der Waals surface area contributed by atoms with Crippen molar-refractivity contribution in [3.05, 3.63) is 11.8 Å². The normalized spacial score (nSPS) is 13.2. The van der Waals surface area contributed by atoms with Gasteiger partial charge in [0.15, 0.2) is 5.69 Å². The summed E-state index contributed by atoms with van der Waals surface area (Å²) in [6.07, 6.45) is -3.42. The molecule has 0 amide bonds. The number of aromatic nitrogens is 2. The molecule has 1 atom stereocenters. The number of aliphatic hydroxyl groups excluding tert-OH is 1. The van der Waals surface area contributed by atoms with Gasteiger partial charge in [-0.05, 0) is 19.8 Å². The van der Waals surface area contributed by atoms with Gasteiger partial charge in [0.2, 0.25) is 5.95 Å². The van der Waals surface area contributed by atoms with E-state index in [1.807, 2.05) is 5.43 Å². The molecule has 19 heavy (non-hydrogen) atoms. The number of nitrogens with two attached hydrogens (primary N) is 1. The summed E-state index contributed by atoms with van der Waals surface area (Å²) in [4.78, 5) is 7.03. The highest BCUT2D eigenvalue weighted by Gasteiger charge is 2.33. The Hall–Kier alpha value is -1.61. The minimum Gasteiger partial charge on any atom is -0.396 e. The van der Waals surface area contributed by atoms with E-state index in [0.717, 1.165) is 6.07 Å². The van der Waals surface area contributed by atoms with Crippen LogP contribution in [0.2, 0.25) is 0 Å². The Morgan fingerprint density at radius 3 is 2.63 bits per heavy atom. The highest BCUT2D eigenvalue weighted by Crippen LogP contribution is 2.29. The molecule has 0 aliphatic heterocycles. The van der Waals surface area contributed by atoms with E-state index >= 15 is 0 Å². The average molecular weight is 279 g/mol. The summed E-state index contributed by atoms with van der Waals surface area (Å²) in [5.41, 5.74) is 0.917. The van der Waals surface area contributed by atoms with Gasteiger partial charge in [0, 0.05) is 18.7 Å². The van der Waals surface area contributed by atoms with Crippen molar-refractivity contribution >= 4 is 11.8 Å². The van der Waals surface area contributed by atoms with Crippen LogP contribution >= 0.6 is 0 Å². The fourth-order valence-electron chi connectivity index (χ4n) is 1.45. The molecule has 9 heteroatoms. The smallest absolute Gasteiger partial charge is 0.396 e. The standard InChI is InChI=1S/C10H16F3N5O/c1-6(3-2-4-19)15-8-5-7(10(11,12)13)16-9(17-8)18-14/h5-6,19H,2-4,14H2,1H3,(H2,15,16,17,18). The number of rotatable bonds is 6. The van der Waals surface area contributed by atoms with Gasteiger partial charge in [-0.1, -0.05) is 0 Å². The first-order chi connectivity index (χ1) is 8.86. The van der Waals surface area contributed by atoms with Gasteiger partial charge in [-0.2, -0.15) is 18.2 Å². The molecule has 5 N–H and O–H groups in total. The molecule has 1 aromatic rings. The van der Waals surface area contributed by atoms with Crippen LogP contribution < -0.4 is 16.6 Å². The van der Waals surface area contributed by atoms with E-state index in [4.69, 9.17) is 10.9 Å². The molecule has 0 saturated heterocycles. The number of halogens is 3. The first-order valence-corrected chi connectivity index (χ1v) is 5.67. The fourth-order valence-corrected chi connectivity index (χ4v) is 1.45. The molecule has 1 unspecified atom stereocenters. The lowest BCUT2D eigenvalue weighted by Gasteiger charge is -2.16. The Labute approximate surface area is 108 Å². The summed E-state index contributed by atoms with van der Waals surface area (Å²) in [7, 11) is 0. The summed E-state index contributed by atoms with van der Waals surface area (Å²) in [5, 5.41) is 11.5. The second kappa shape index (κ2) is 6.53. The van der Waals surface area contributed by atoms with Crippen molar-refractivity contribution in [1.82, 2.24) is 9.97 Å². The third-order valence-corrected chi connectivity index (χ3v) is 2.34. The van der Waals surface area contributed by atoms with E-state index in [-0.39, 0.29) is 24.4 Å². The van der Waals surface area contributed by atoms with E-state index < -0.39 is 11.9 Å². The third kappa shape index (κ3) is 4.87. The van der Waals surface area contributed by atoms with E-state index in [2.05, 4.69) is 15.3 Å². The molecule has 0 bridgehead atoms. The zero-order valence-electron chi connectivity index (χ0n) is 10.3. The van der Waals surface area contributed by atoms with Gasteiger partial charge >= 0.3 is 6.18 Å². The molecule has 0 radical (unpaired) electrons. The Balaban J connectivity index is 2.88. The van der Waals surface area contributed by atoms with Gasteiger partial charge in [-0.15, -0.1) is 0 Å². The van der Waals surface area contributed by atoms with E-state index in [0.29, 0.717) is 12.8 Å². The zero-order valence-corrected chi connectivity index (χ0v) is 10.3. The summed E-state index contributed by atoms with van der Waals surface area (Å²) in [5.74, 6) is 4.75. The van der Waals surface area contributed by atoms with Gasteiger partial charge in [-0.3, -0.25) is 5.43 Å². The number of hydrogen-bond acceptors (Lipinski definition) is 6. The van der Waals surface area contributed by atoms with Crippen molar-refractivity contribution in [3.63, 3.8) is 0 Å². The lowest BCUT2D eigenvalue weighted by molar-refractivity contribution is -0.141.